The summed E-state index contributed by atoms with van der Waals surface area (Å²) < 4.78 is 30.0. The van der Waals surface area contributed by atoms with Crippen LogP contribution in [0, 0.1) is 10.1 Å². The number of nitrogens with two attached hydrogens (primary N) is 1. The molecular weight excluding hydrogens is 472 g/mol. The minimum absolute atomic E-state index is 0.0000914. The van der Waals surface area contributed by atoms with Crippen LogP contribution >= 0.6 is 0 Å². The van der Waals surface area contributed by atoms with E-state index >= 15 is 0 Å². The molecule has 0 bridgehead atoms. The molecule has 11 nitrogen and oxygen atoms in total. The highest BCUT2D eigenvalue weighted by Crippen LogP contribution is 2.28. The Bertz CT molecular complexity index is 1500. The number of para-hydroxylation sites is 1. The van der Waals surface area contributed by atoms with E-state index in [0.29, 0.717) is 17.0 Å². The van der Waals surface area contributed by atoms with Crippen molar-refractivity contribution in [3.63, 3.8) is 0 Å². The van der Waals surface area contributed by atoms with E-state index in [1.54, 1.807) is 18.0 Å². The molecular formula is C23H20N6O5S. The van der Waals surface area contributed by atoms with Gasteiger partial charge in [0.2, 0.25) is 10.0 Å². The average molecular weight is 493 g/mol. The van der Waals surface area contributed by atoms with Gasteiger partial charge in [-0.2, -0.15) is 10.2 Å². The Labute approximate surface area is 200 Å². The fourth-order valence-electron chi connectivity index (χ4n) is 3.27. The Morgan fingerprint density at radius 1 is 1.11 bits per heavy atom. The summed E-state index contributed by atoms with van der Waals surface area (Å²) >= 11 is 0. The molecule has 178 valence electrons. The number of anilines is 1. The van der Waals surface area contributed by atoms with Crippen LogP contribution in [0.25, 0.3) is 16.9 Å². The molecule has 12 heteroatoms. The summed E-state index contributed by atoms with van der Waals surface area (Å²) in [5.41, 5.74) is 5.03. The zero-order valence-electron chi connectivity index (χ0n) is 18.4. The maximum Gasteiger partial charge on any atom is 0.295 e. The minimum atomic E-state index is -4.09. The van der Waals surface area contributed by atoms with Crippen molar-refractivity contribution in [2.45, 2.75) is 4.90 Å². The first-order valence-electron chi connectivity index (χ1n) is 10.2. The number of nitro groups is 1. The second kappa shape index (κ2) is 9.75. The van der Waals surface area contributed by atoms with E-state index in [2.05, 4.69) is 15.6 Å². The smallest absolute Gasteiger partial charge is 0.295 e. The average Bonchev–Trinajstić information content (AvgIpc) is 3.28. The predicted molar refractivity (Wildman–Crippen MR) is 131 cm³/mol. The third kappa shape index (κ3) is 5.34. The largest absolute Gasteiger partial charge is 0.497 e. The molecule has 0 aliphatic rings. The Hall–Kier alpha value is -4.55. The lowest BCUT2D eigenvalue weighted by atomic mass is 10.1. The second-order valence-corrected chi connectivity index (χ2v) is 8.85. The molecule has 0 amide bonds. The van der Waals surface area contributed by atoms with E-state index in [0.717, 1.165) is 23.4 Å². The Kier molecular flexibility index (Phi) is 6.57. The van der Waals surface area contributed by atoms with Crippen molar-refractivity contribution in [1.82, 2.24) is 9.78 Å². The monoisotopic (exact) mass is 492 g/mol. The number of nitro benzene ring substituents is 1. The zero-order valence-corrected chi connectivity index (χ0v) is 19.2. The highest BCUT2D eigenvalue weighted by Gasteiger charge is 2.19. The van der Waals surface area contributed by atoms with Crippen LogP contribution < -0.4 is 15.3 Å². The van der Waals surface area contributed by atoms with Gasteiger partial charge >= 0.3 is 0 Å². The fraction of sp³-hybridized carbons (Fsp3) is 0.0435. The summed E-state index contributed by atoms with van der Waals surface area (Å²) in [4.78, 5) is 10.3. The maximum atomic E-state index is 11.5. The lowest BCUT2D eigenvalue weighted by Gasteiger charge is -2.04. The standard InChI is InChI=1S/C23H20N6O5S/c1-34-19-9-7-16(8-10-19)23-17(15-28(27-23)18-5-3-2-4-6-18)14-25-26-21-12-11-20(35(24,32)33)13-22(21)29(30)31/h2-15,26H,1H3,(H2,24,32,33)/b25-14-. The third-order valence-electron chi connectivity index (χ3n) is 5.01. The van der Waals surface area contributed by atoms with E-state index in [-0.39, 0.29) is 10.6 Å². The number of rotatable bonds is 8. The summed E-state index contributed by atoms with van der Waals surface area (Å²) in [5.74, 6) is 0.698. The zero-order chi connectivity index (χ0) is 25.0. The molecule has 1 aromatic heterocycles. The summed E-state index contributed by atoms with van der Waals surface area (Å²) in [6, 6.07) is 20.1. The van der Waals surface area contributed by atoms with Crippen molar-refractivity contribution in [2.24, 2.45) is 10.2 Å². The van der Waals surface area contributed by atoms with Crippen LogP contribution in [0.4, 0.5) is 11.4 Å². The number of hydrogen-bond acceptors (Lipinski definition) is 8. The van der Waals surface area contributed by atoms with E-state index in [1.807, 2.05) is 54.6 Å². The summed E-state index contributed by atoms with van der Waals surface area (Å²) in [5, 5.41) is 25.3. The number of ether oxygens (including phenoxy) is 1. The number of sulfonamides is 1. The number of primary sulfonamides is 1. The van der Waals surface area contributed by atoms with Crippen molar-refractivity contribution < 1.29 is 18.1 Å². The number of aromatic nitrogens is 2. The van der Waals surface area contributed by atoms with Gasteiger partial charge < -0.3 is 4.74 Å². The topological polar surface area (TPSA) is 155 Å². The molecule has 0 fully saturated rings. The summed E-state index contributed by atoms with van der Waals surface area (Å²) in [6.45, 7) is 0. The van der Waals surface area contributed by atoms with Crippen LogP contribution in [0.3, 0.4) is 0 Å². The Balaban J connectivity index is 1.69. The van der Waals surface area contributed by atoms with Crippen LogP contribution in [0.2, 0.25) is 0 Å². The molecule has 35 heavy (non-hydrogen) atoms. The van der Waals surface area contributed by atoms with Gasteiger partial charge in [0.25, 0.3) is 5.69 Å². The van der Waals surface area contributed by atoms with Gasteiger partial charge in [-0.15, -0.1) is 0 Å². The summed E-state index contributed by atoms with van der Waals surface area (Å²) in [6.07, 6.45) is 3.25. The third-order valence-corrected chi connectivity index (χ3v) is 5.92. The molecule has 0 aliphatic heterocycles. The van der Waals surface area contributed by atoms with Crippen molar-refractivity contribution in [3.05, 3.63) is 94.7 Å². The quantitative estimate of drug-likeness (QED) is 0.216. The summed E-state index contributed by atoms with van der Waals surface area (Å²) in [7, 11) is -2.51. The van der Waals surface area contributed by atoms with Crippen molar-refractivity contribution >= 4 is 27.6 Å². The molecule has 0 saturated heterocycles. The molecule has 0 spiro atoms. The van der Waals surface area contributed by atoms with Crippen LogP contribution in [0.5, 0.6) is 5.75 Å². The lowest BCUT2D eigenvalue weighted by molar-refractivity contribution is -0.384. The Morgan fingerprint density at radius 3 is 2.46 bits per heavy atom. The van der Waals surface area contributed by atoms with E-state index in [4.69, 9.17) is 9.88 Å². The molecule has 0 saturated carbocycles. The van der Waals surface area contributed by atoms with Crippen molar-refractivity contribution in [1.29, 1.82) is 0 Å². The molecule has 3 N–H and O–H groups in total. The fourth-order valence-corrected chi connectivity index (χ4v) is 3.81. The number of benzene rings is 3. The first-order valence-corrected chi connectivity index (χ1v) is 11.7. The van der Waals surface area contributed by atoms with Crippen LogP contribution in [-0.2, 0) is 10.0 Å². The van der Waals surface area contributed by atoms with Crippen molar-refractivity contribution in [3.8, 4) is 22.7 Å². The first-order chi connectivity index (χ1) is 16.8. The Morgan fingerprint density at radius 2 is 1.83 bits per heavy atom. The van der Waals surface area contributed by atoms with Crippen molar-refractivity contribution in [2.75, 3.05) is 12.5 Å². The second-order valence-electron chi connectivity index (χ2n) is 7.29. The van der Waals surface area contributed by atoms with Gasteiger partial charge in [-0.05, 0) is 48.5 Å². The van der Waals surface area contributed by atoms with E-state index in [9.17, 15) is 18.5 Å². The van der Waals surface area contributed by atoms with Crippen LogP contribution in [0.1, 0.15) is 5.56 Å². The van der Waals surface area contributed by atoms with Gasteiger partial charge in [0.15, 0.2) is 0 Å². The number of nitrogens with one attached hydrogen (secondary N) is 1. The van der Waals surface area contributed by atoms with Gasteiger partial charge in [-0.3, -0.25) is 15.5 Å². The molecule has 0 aliphatic carbocycles. The molecule has 4 rings (SSSR count). The maximum absolute atomic E-state index is 11.5. The molecule has 3 aromatic carbocycles. The van der Waals surface area contributed by atoms with Gasteiger partial charge in [-0.1, -0.05) is 18.2 Å². The van der Waals surface area contributed by atoms with Crippen LogP contribution in [-0.4, -0.2) is 36.4 Å². The first kappa shape index (κ1) is 23.6. The molecule has 0 unspecified atom stereocenters. The molecule has 1 heterocycles. The van der Waals surface area contributed by atoms with Gasteiger partial charge in [-0.25, -0.2) is 18.2 Å². The minimum Gasteiger partial charge on any atom is -0.497 e. The number of nitrogens with zero attached hydrogens (tertiary/aromatic N) is 4. The number of methoxy groups -OCH3 is 1. The highest BCUT2D eigenvalue weighted by molar-refractivity contribution is 7.89. The normalized spacial score (nSPS) is 11.5. The molecule has 0 radical (unpaired) electrons. The number of hydrazone groups is 1. The molecule has 0 atom stereocenters. The number of hydrogen-bond donors (Lipinski definition) is 2. The highest BCUT2D eigenvalue weighted by atomic mass is 32.2. The van der Waals surface area contributed by atoms with Gasteiger partial charge in [0.05, 0.1) is 28.8 Å². The van der Waals surface area contributed by atoms with E-state index < -0.39 is 20.6 Å². The van der Waals surface area contributed by atoms with Gasteiger partial charge in [0, 0.05) is 23.4 Å². The SMILES string of the molecule is COc1ccc(-c2nn(-c3ccccc3)cc2/C=N\Nc2ccc(S(N)(=O)=O)cc2[N+](=O)[O-])cc1. The van der Waals surface area contributed by atoms with Gasteiger partial charge in [0.1, 0.15) is 17.1 Å². The lowest BCUT2D eigenvalue weighted by Crippen LogP contribution is -2.12. The van der Waals surface area contributed by atoms with Crippen LogP contribution in [0.15, 0.2) is 89.0 Å². The van der Waals surface area contributed by atoms with E-state index in [1.165, 1.54) is 12.3 Å². The molecule has 4 aromatic rings. The predicted octanol–water partition coefficient (Wildman–Crippen LogP) is 3.55.